The number of nitrogens with zero attached hydrogens (tertiary/aromatic N) is 6. The summed E-state index contributed by atoms with van der Waals surface area (Å²) >= 11 is 0. The van der Waals surface area contributed by atoms with E-state index in [1.54, 1.807) is 13.3 Å². The molecule has 3 heterocycles. The largest absolute Gasteiger partial charge is 0.497 e. The molecule has 1 fully saturated rings. The molecule has 1 saturated heterocycles. The minimum atomic E-state index is -0.966. The van der Waals surface area contributed by atoms with Crippen LogP contribution < -0.4 is 4.74 Å². The summed E-state index contributed by atoms with van der Waals surface area (Å²) in [5.41, 5.74) is 3.75. The van der Waals surface area contributed by atoms with Crippen LogP contribution in [0.3, 0.4) is 0 Å². The standard InChI is InChI=1S/C32H38N6O4/c1-32(2,15-6-16-37(31(40)41)21-23-9-11-26(42-3)12-10-23)30(39)36-17-13-25(14-18-36)38-22-24(19-34-38)29-20-33-27-7-4-5-8-28(27)35-29/h4-5,7-12,19-20,22,25H,6,13-18,21H2,1-3H3,(H,40,41). The lowest BCUT2D eigenvalue weighted by molar-refractivity contribution is -0.142. The van der Waals surface area contributed by atoms with Crippen LogP contribution in [0, 0.1) is 5.41 Å². The number of carbonyl (C=O) groups excluding carboxylic acids is 1. The molecule has 0 spiro atoms. The molecule has 1 N–H and O–H groups in total. The zero-order valence-electron chi connectivity index (χ0n) is 24.4. The van der Waals surface area contributed by atoms with Gasteiger partial charge < -0.3 is 19.6 Å². The van der Waals surface area contributed by atoms with Crippen molar-refractivity contribution in [2.45, 2.75) is 52.1 Å². The molecule has 5 rings (SSSR count). The third-order valence-electron chi connectivity index (χ3n) is 8.08. The van der Waals surface area contributed by atoms with E-state index in [0.29, 0.717) is 39.0 Å². The van der Waals surface area contributed by atoms with E-state index in [0.717, 1.165) is 46.4 Å². The first-order valence-electron chi connectivity index (χ1n) is 14.4. The third kappa shape index (κ3) is 6.70. The number of fused-ring (bicyclic) bond motifs is 1. The average Bonchev–Trinajstić information content (AvgIpc) is 3.51. The molecule has 0 radical (unpaired) electrons. The van der Waals surface area contributed by atoms with Gasteiger partial charge in [0.05, 0.1) is 42.3 Å². The quantitative estimate of drug-likeness (QED) is 0.262. The fourth-order valence-corrected chi connectivity index (χ4v) is 5.54. The topological polar surface area (TPSA) is 114 Å². The molecule has 2 aromatic carbocycles. The summed E-state index contributed by atoms with van der Waals surface area (Å²) < 4.78 is 7.17. The van der Waals surface area contributed by atoms with Crippen molar-refractivity contribution >= 4 is 23.0 Å². The predicted molar refractivity (Wildman–Crippen MR) is 160 cm³/mol. The molecule has 10 nitrogen and oxygen atoms in total. The highest BCUT2D eigenvalue weighted by Crippen LogP contribution is 2.31. The Morgan fingerprint density at radius 1 is 1.05 bits per heavy atom. The van der Waals surface area contributed by atoms with E-state index in [4.69, 9.17) is 9.72 Å². The van der Waals surface area contributed by atoms with Crippen LogP contribution in [0.4, 0.5) is 4.79 Å². The van der Waals surface area contributed by atoms with Crippen molar-refractivity contribution in [3.05, 3.63) is 72.7 Å². The minimum Gasteiger partial charge on any atom is -0.497 e. The SMILES string of the molecule is COc1ccc(CN(CCCC(C)(C)C(=O)N2CCC(n3cc(-c4cnc5ccccc5n4)cn3)CC2)C(=O)O)cc1. The Hall–Kier alpha value is -4.47. The van der Waals surface area contributed by atoms with E-state index < -0.39 is 11.5 Å². The Balaban J connectivity index is 1.12. The van der Waals surface area contributed by atoms with E-state index in [1.165, 1.54) is 4.90 Å². The Labute approximate surface area is 245 Å². The number of piperidine rings is 1. The van der Waals surface area contributed by atoms with E-state index in [1.807, 2.05) is 84.4 Å². The predicted octanol–water partition coefficient (Wildman–Crippen LogP) is 5.65. The van der Waals surface area contributed by atoms with Crippen LogP contribution in [0.25, 0.3) is 22.3 Å². The number of hydrogen-bond donors (Lipinski definition) is 1. The number of methoxy groups -OCH3 is 1. The van der Waals surface area contributed by atoms with Gasteiger partial charge in [-0.3, -0.25) is 14.5 Å². The molecule has 0 atom stereocenters. The number of benzene rings is 2. The number of carbonyl (C=O) groups is 2. The number of para-hydroxylation sites is 2. The molecule has 0 aliphatic carbocycles. The van der Waals surface area contributed by atoms with Crippen molar-refractivity contribution in [1.82, 2.24) is 29.5 Å². The molecule has 0 bridgehead atoms. The fraction of sp³-hybridized carbons (Fsp3) is 0.406. The van der Waals surface area contributed by atoms with Gasteiger partial charge in [-0.1, -0.05) is 38.1 Å². The fourth-order valence-electron chi connectivity index (χ4n) is 5.54. The second kappa shape index (κ2) is 12.6. The van der Waals surface area contributed by atoms with Crippen LogP contribution in [0.15, 0.2) is 67.1 Å². The lowest BCUT2D eigenvalue weighted by Gasteiger charge is -2.37. The second-order valence-electron chi connectivity index (χ2n) is 11.5. The summed E-state index contributed by atoms with van der Waals surface area (Å²) in [5, 5.41) is 14.3. The first-order valence-corrected chi connectivity index (χ1v) is 14.4. The van der Waals surface area contributed by atoms with E-state index >= 15 is 0 Å². The van der Waals surface area contributed by atoms with Crippen LogP contribution in [-0.2, 0) is 11.3 Å². The Morgan fingerprint density at radius 2 is 1.76 bits per heavy atom. The van der Waals surface area contributed by atoms with Gasteiger partial charge in [0.25, 0.3) is 0 Å². The van der Waals surface area contributed by atoms with Gasteiger partial charge in [-0.25, -0.2) is 9.78 Å². The molecule has 0 unspecified atom stereocenters. The summed E-state index contributed by atoms with van der Waals surface area (Å²) in [6, 6.07) is 15.4. The smallest absolute Gasteiger partial charge is 0.407 e. The van der Waals surface area contributed by atoms with Crippen LogP contribution in [-0.4, -0.2) is 73.4 Å². The molecule has 1 aliphatic heterocycles. The molecule has 220 valence electrons. The van der Waals surface area contributed by atoms with Crippen molar-refractivity contribution in [1.29, 1.82) is 0 Å². The van der Waals surface area contributed by atoms with Crippen LogP contribution in [0.2, 0.25) is 0 Å². The zero-order chi connectivity index (χ0) is 29.7. The normalized spacial score (nSPS) is 14.2. The first-order chi connectivity index (χ1) is 20.2. The summed E-state index contributed by atoms with van der Waals surface area (Å²) in [5.74, 6) is 0.848. The van der Waals surface area contributed by atoms with Crippen molar-refractivity contribution in [3.8, 4) is 17.0 Å². The van der Waals surface area contributed by atoms with Gasteiger partial charge in [-0.15, -0.1) is 0 Å². The van der Waals surface area contributed by atoms with Gasteiger partial charge >= 0.3 is 6.09 Å². The van der Waals surface area contributed by atoms with E-state index in [9.17, 15) is 14.7 Å². The van der Waals surface area contributed by atoms with Crippen LogP contribution >= 0.6 is 0 Å². The number of ether oxygens (including phenoxy) is 1. The molecule has 0 saturated carbocycles. The maximum absolute atomic E-state index is 13.5. The van der Waals surface area contributed by atoms with Gasteiger partial charge in [0.2, 0.25) is 5.91 Å². The Kier molecular flexibility index (Phi) is 8.70. The van der Waals surface area contributed by atoms with Crippen molar-refractivity contribution in [2.75, 3.05) is 26.7 Å². The zero-order valence-corrected chi connectivity index (χ0v) is 24.4. The van der Waals surface area contributed by atoms with Gasteiger partial charge in [-0.2, -0.15) is 5.10 Å². The average molecular weight is 571 g/mol. The monoisotopic (exact) mass is 570 g/mol. The van der Waals surface area contributed by atoms with Gasteiger partial charge in [0.1, 0.15) is 5.75 Å². The lowest BCUT2D eigenvalue weighted by atomic mass is 9.85. The maximum Gasteiger partial charge on any atom is 0.407 e. The van der Waals surface area contributed by atoms with Gasteiger partial charge in [0.15, 0.2) is 0 Å². The number of likely N-dealkylation sites (tertiary alicyclic amines) is 1. The van der Waals surface area contributed by atoms with Crippen molar-refractivity contribution < 1.29 is 19.4 Å². The highest BCUT2D eigenvalue weighted by molar-refractivity contribution is 5.82. The van der Waals surface area contributed by atoms with E-state index in [-0.39, 0.29) is 11.9 Å². The molecule has 2 amide bonds. The molecule has 4 aromatic rings. The van der Waals surface area contributed by atoms with Crippen LogP contribution in [0.1, 0.15) is 51.1 Å². The number of aromatic nitrogens is 4. The summed E-state index contributed by atoms with van der Waals surface area (Å²) in [7, 11) is 1.60. The highest BCUT2D eigenvalue weighted by Gasteiger charge is 2.34. The molecular weight excluding hydrogens is 532 g/mol. The first kappa shape index (κ1) is 29.0. The third-order valence-corrected chi connectivity index (χ3v) is 8.08. The maximum atomic E-state index is 13.5. The second-order valence-corrected chi connectivity index (χ2v) is 11.5. The van der Waals surface area contributed by atoms with E-state index in [2.05, 4.69) is 10.1 Å². The molecule has 42 heavy (non-hydrogen) atoms. The number of rotatable bonds is 10. The Bertz CT molecular complexity index is 1530. The molecule has 2 aromatic heterocycles. The summed E-state index contributed by atoms with van der Waals surface area (Å²) in [6.45, 7) is 5.90. The Morgan fingerprint density at radius 3 is 2.45 bits per heavy atom. The molecule has 1 aliphatic rings. The number of amides is 2. The number of hydrogen-bond acceptors (Lipinski definition) is 6. The lowest BCUT2D eigenvalue weighted by Crippen LogP contribution is -2.45. The van der Waals surface area contributed by atoms with Crippen molar-refractivity contribution in [3.63, 3.8) is 0 Å². The molecular formula is C32H38N6O4. The highest BCUT2D eigenvalue weighted by atomic mass is 16.5. The van der Waals surface area contributed by atoms with Crippen LogP contribution in [0.5, 0.6) is 5.75 Å². The summed E-state index contributed by atoms with van der Waals surface area (Å²) in [4.78, 5) is 37.9. The van der Waals surface area contributed by atoms with Gasteiger partial charge in [-0.05, 0) is 55.5 Å². The number of carboxylic acid groups (broad SMARTS) is 1. The minimum absolute atomic E-state index is 0.116. The van der Waals surface area contributed by atoms with Gasteiger partial charge in [0, 0.05) is 43.4 Å². The van der Waals surface area contributed by atoms with Crippen molar-refractivity contribution in [2.24, 2.45) is 5.41 Å². The summed E-state index contributed by atoms with van der Waals surface area (Å²) in [6.07, 6.45) is 7.51. The molecule has 10 heteroatoms.